The minimum atomic E-state index is -0.973. The lowest BCUT2D eigenvalue weighted by Crippen LogP contribution is -2.44. The van der Waals surface area contributed by atoms with E-state index in [-0.39, 0.29) is 5.92 Å². The fourth-order valence-electron chi connectivity index (χ4n) is 4.96. The first-order valence-corrected chi connectivity index (χ1v) is 11.9. The number of nitrogens with zero attached hydrogens (tertiary/aromatic N) is 1. The zero-order chi connectivity index (χ0) is 22.4. The third-order valence-electron chi connectivity index (χ3n) is 6.81. The molecule has 0 aromatic heterocycles. The molecule has 1 heterocycles. The molecule has 0 spiro atoms. The van der Waals surface area contributed by atoms with Gasteiger partial charge in [0.15, 0.2) is 0 Å². The molecule has 3 nitrogen and oxygen atoms in total. The van der Waals surface area contributed by atoms with Crippen LogP contribution in [0.4, 0.5) is 0 Å². The molecule has 3 aromatic carbocycles. The highest BCUT2D eigenvalue weighted by atomic mass is 35.5. The highest BCUT2D eigenvalue weighted by molar-refractivity contribution is 6.30. The first kappa shape index (κ1) is 23.0. The van der Waals surface area contributed by atoms with Crippen LogP contribution in [0, 0.1) is 5.92 Å². The molecule has 1 atom stereocenters. The average Bonchev–Trinajstić information content (AvgIpc) is 2.85. The lowest BCUT2D eigenvalue weighted by atomic mass is 9.72. The van der Waals surface area contributed by atoms with Crippen LogP contribution in [0.1, 0.15) is 48.5 Å². The van der Waals surface area contributed by atoms with Crippen molar-refractivity contribution in [1.29, 1.82) is 0 Å². The Bertz CT molecular complexity index is 914. The number of rotatable bonds is 8. The summed E-state index contributed by atoms with van der Waals surface area (Å²) in [6, 6.07) is 27.6. The first-order chi connectivity index (χ1) is 15.6. The number of aliphatic hydroxyl groups is 2. The topological polar surface area (TPSA) is 43.7 Å². The Labute approximate surface area is 196 Å². The summed E-state index contributed by atoms with van der Waals surface area (Å²) < 4.78 is 0. The summed E-state index contributed by atoms with van der Waals surface area (Å²) in [5.74, 6) is 0.170. The third kappa shape index (κ3) is 5.24. The van der Waals surface area contributed by atoms with Gasteiger partial charge in [0.1, 0.15) is 5.60 Å². The van der Waals surface area contributed by atoms with Crippen LogP contribution >= 0.6 is 11.6 Å². The summed E-state index contributed by atoms with van der Waals surface area (Å²) in [7, 11) is 0. The van der Waals surface area contributed by atoms with Gasteiger partial charge < -0.3 is 15.1 Å². The van der Waals surface area contributed by atoms with E-state index in [4.69, 9.17) is 11.6 Å². The molecular formula is C28H32ClNO2. The van der Waals surface area contributed by atoms with Crippen molar-refractivity contribution in [3.05, 3.63) is 107 Å². The zero-order valence-corrected chi connectivity index (χ0v) is 19.2. The van der Waals surface area contributed by atoms with E-state index in [2.05, 4.69) is 4.90 Å². The number of halogens is 1. The molecule has 1 aliphatic rings. The second-order valence-corrected chi connectivity index (χ2v) is 9.26. The molecule has 1 fully saturated rings. The molecule has 0 saturated carbocycles. The Morgan fingerprint density at radius 1 is 0.844 bits per heavy atom. The van der Waals surface area contributed by atoms with Crippen molar-refractivity contribution < 1.29 is 10.2 Å². The number of likely N-dealkylation sites (tertiary alicyclic amines) is 1. The highest BCUT2D eigenvalue weighted by Crippen LogP contribution is 2.41. The second-order valence-electron chi connectivity index (χ2n) is 8.82. The predicted octanol–water partition coefficient (Wildman–Crippen LogP) is 5.80. The molecule has 0 aliphatic carbocycles. The Balaban J connectivity index is 1.35. The van der Waals surface area contributed by atoms with Crippen LogP contribution in [-0.4, -0.2) is 34.7 Å². The van der Waals surface area contributed by atoms with Crippen molar-refractivity contribution in [2.24, 2.45) is 5.92 Å². The summed E-state index contributed by atoms with van der Waals surface area (Å²) in [6.07, 6.45) is 3.11. The van der Waals surface area contributed by atoms with Crippen LogP contribution in [0.15, 0.2) is 84.9 Å². The molecule has 1 saturated heterocycles. The minimum absolute atomic E-state index is 0.170. The first-order valence-electron chi connectivity index (χ1n) is 11.6. The molecule has 1 aliphatic heterocycles. The van der Waals surface area contributed by atoms with Gasteiger partial charge in [-0.1, -0.05) is 84.4 Å². The van der Waals surface area contributed by atoms with Crippen LogP contribution in [-0.2, 0) is 5.60 Å². The molecule has 1 unspecified atom stereocenters. The molecule has 4 rings (SSSR count). The van der Waals surface area contributed by atoms with E-state index >= 15 is 0 Å². The van der Waals surface area contributed by atoms with Crippen molar-refractivity contribution in [3.8, 4) is 0 Å². The van der Waals surface area contributed by atoms with Gasteiger partial charge in [-0.2, -0.15) is 0 Å². The summed E-state index contributed by atoms with van der Waals surface area (Å²) in [4.78, 5) is 2.46. The minimum Gasteiger partial charge on any atom is -0.388 e. The van der Waals surface area contributed by atoms with Gasteiger partial charge in [-0.05, 0) is 80.1 Å². The molecule has 32 heavy (non-hydrogen) atoms. The third-order valence-corrected chi connectivity index (χ3v) is 7.06. The van der Waals surface area contributed by atoms with Crippen LogP contribution in [0.25, 0.3) is 0 Å². The van der Waals surface area contributed by atoms with E-state index in [1.54, 1.807) is 0 Å². The molecule has 4 heteroatoms. The fraction of sp³-hybridized carbons (Fsp3) is 0.357. The van der Waals surface area contributed by atoms with Gasteiger partial charge >= 0.3 is 0 Å². The van der Waals surface area contributed by atoms with Crippen molar-refractivity contribution in [3.63, 3.8) is 0 Å². The molecule has 0 amide bonds. The lowest BCUT2D eigenvalue weighted by Gasteiger charge is -2.42. The summed E-state index contributed by atoms with van der Waals surface area (Å²) in [5.41, 5.74) is 1.88. The summed E-state index contributed by atoms with van der Waals surface area (Å²) in [5, 5.41) is 23.1. The highest BCUT2D eigenvalue weighted by Gasteiger charge is 2.41. The summed E-state index contributed by atoms with van der Waals surface area (Å²) in [6.45, 7) is 2.89. The smallest absolute Gasteiger partial charge is 0.117 e. The second kappa shape index (κ2) is 10.6. The van der Waals surface area contributed by atoms with Gasteiger partial charge in [-0.3, -0.25) is 0 Å². The van der Waals surface area contributed by atoms with E-state index in [0.717, 1.165) is 62.0 Å². The molecule has 3 aromatic rings. The van der Waals surface area contributed by atoms with Crippen LogP contribution < -0.4 is 0 Å². The van der Waals surface area contributed by atoms with Crippen molar-refractivity contribution in [1.82, 2.24) is 4.90 Å². The molecule has 0 radical (unpaired) electrons. The van der Waals surface area contributed by atoms with E-state index in [1.165, 1.54) is 0 Å². The summed E-state index contributed by atoms with van der Waals surface area (Å²) >= 11 is 5.94. The van der Waals surface area contributed by atoms with Gasteiger partial charge in [0.05, 0.1) is 6.10 Å². The maximum absolute atomic E-state index is 12.0. The van der Waals surface area contributed by atoms with Gasteiger partial charge in [0.25, 0.3) is 0 Å². The molecule has 168 valence electrons. The largest absolute Gasteiger partial charge is 0.388 e. The SMILES string of the molecule is OC(CCCN1CCC(C(O)(c2ccccc2)c2ccccc2)CC1)c1ccc(Cl)cc1. The Morgan fingerprint density at radius 2 is 1.38 bits per heavy atom. The number of aliphatic hydroxyl groups excluding tert-OH is 1. The molecule has 0 bridgehead atoms. The van der Waals surface area contributed by atoms with Gasteiger partial charge in [-0.25, -0.2) is 0 Å². The maximum atomic E-state index is 12.0. The van der Waals surface area contributed by atoms with Gasteiger partial charge in [-0.15, -0.1) is 0 Å². The van der Waals surface area contributed by atoms with E-state index in [1.807, 2.05) is 84.9 Å². The van der Waals surface area contributed by atoms with Crippen LogP contribution in [0.2, 0.25) is 5.02 Å². The van der Waals surface area contributed by atoms with Crippen molar-refractivity contribution >= 4 is 11.6 Å². The Hall–Kier alpha value is -2.17. The normalized spacial score (nSPS) is 16.7. The number of hydrogen-bond acceptors (Lipinski definition) is 3. The monoisotopic (exact) mass is 449 g/mol. The number of piperidine rings is 1. The van der Waals surface area contributed by atoms with Crippen LogP contribution in [0.3, 0.4) is 0 Å². The van der Waals surface area contributed by atoms with Crippen molar-refractivity contribution in [2.75, 3.05) is 19.6 Å². The predicted molar refractivity (Wildman–Crippen MR) is 131 cm³/mol. The zero-order valence-electron chi connectivity index (χ0n) is 18.4. The number of hydrogen-bond donors (Lipinski definition) is 2. The Kier molecular flexibility index (Phi) is 7.64. The lowest BCUT2D eigenvalue weighted by molar-refractivity contribution is -0.0146. The van der Waals surface area contributed by atoms with Crippen molar-refractivity contribution in [2.45, 2.75) is 37.4 Å². The maximum Gasteiger partial charge on any atom is 0.117 e. The van der Waals surface area contributed by atoms with Gasteiger partial charge in [0, 0.05) is 5.02 Å². The van der Waals surface area contributed by atoms with Crippen LogP contribution in [0.5, 0.6) is 0 Å². The fourth-order valence-corrected chi connectivity index (χ4v) is 5.08. The molecule has 2 N–H and O–H groups in total. The standard InChI is InChI=1S/C28H32ClNO2/c29-26-15-13-22(14-16-26)27(31)12-7-19-30-20-17-25(18-21-30)28(32,23-8-3-1-4-9-23)24-10-5-2-6-11-24/h1-6,8-11,13-16,25,27,31-32H,7,12,17-21H2. The van der Waals surface area contributed by atoms with E-state index in [0.29, 0.717) is 5.02 Å². The molecular weight excluding hydrogens is 418 g/mol. The van der Waals surface area contributed by atoms with E-state index < -0.39 is 11.7 Å². The Morgan fingerprint density at radius 3 is 1.91 bits per heavy atom. The number of benzene rings is 3. The average molecular weight is 450 g/mol. The quantitative estimate of drug-likeness (QED) is 0.456. The van der Waals surface area contributed by atoms with Gasteiger partial charge in [0.2, 0.25) is 0 Å². The van der Waals surface area contributed by atoms with E-state index in [9.17, 15) is 10.2 Å².